The van der Waals surface area contributed by atoms with Crippen LogP contribution in [0, 0.1) is 5.92 Å². The second-order valence-corrected chi connectivity index (χ2v) is 6.40. The topological polar surface area (TPSA) is 33.2 Å². The molecule has 1 saturated heterocycles. The van der Waals surface area contributed by atoms with E-state index in [0.717, 1.165) is 47.3 Å². The van der Waals surface area contributed by atoms with Crippen LogP contribution in [0.5, 0.6) is 0 Å². The summed E-state index contributed by atoms with van der Waals surface area (Å²) in [4.78, 5) is 19.5. The van der Waals surface area contributed by atoms with Gasteiger partial charge < -0.3 is 4.90 Å². The highest BCUT2D eigenvalue weighted by molar-refractivity contribution is 7.16. The van der Waals surface area contributed by atoms with E-state index in [1.54, 1.807) is 6.20 Å². The van der Waals surface area contributed by atoms with Crippen LogP contribution in [0.25, 0.3) is 10.6 Å². The fraction of sp³-hybridized carbons (Fsp3) is 0.375. The smallest absolute Gasteiger partial charge is 0.265 e. The molecule has 0 atom stereocenters. The molecule has 2 heterocycles. The van der Waals surface area contributed by atoms with E-state index in [9.17, 15) is 4.79 Å². The number of nitrogens with zero attached hydrogens (tertiary/aromatic N) is 2. The molecule has 4 heteroatoms. The Bertz CT molecular complexity index is 586. The van der Waals surface area contributed by atoms with Gasteiger partial charge in [-0.05, 0) is 18.8 Å². The zero-order chi connectivity index (χ0) is 13.9. The number of benzene rings is 1. The van der Waals surface area contributed by atoms with Gasteiger partial charge in [0, 0.05) is 18.7 Å². The van der Waals surface area contributed by atoms with Crippen molar-refractivity contribution in [3.8, 4) is 10.6 Å². The normalized spacial score (nSPS) is 16.4. The summed E-state index contributed by atoms with van der Waals surface area (Å²) in [7, 11) is 0. The van der Waals surface area contributed by atoms with Crippen molar-refractivity contribution < 1.29 is 4.79 Å². The Hall–Kier alpha value is -1.68. The fourth-order valence-electron chi connectivity index (χ4n) is 2.45. The molecule has 1 amide bonds. The molecule has 0 N–H and O–H groups in total. The molecule has 0 saturated carbocycles. The van der Waals surface area contributed by atoms with Gasteiger partial charge >= 0.3 is 0 Å². The van der Waals surface area contributed by atoms with Gasteiger partial charge in [0.05, 0.1) is 6.20 Å². The number of piperidine rings is 1. The molecule has 1 aromatic heterocycles. The van der Waals surface area contributed by atoms with Crippen LogP contribution in [-0.2, 0) is 0 Å². The molecule has 3 rings (SSSR count). The Morgan fingerprint density at radius 3 is 2.65 bits per heavy atom. The number of aromatic nitrogens is 1. The molecule has 1 fully saturated rings. The maximum absolute atomic E-state index is 12.4. The first-order chi connectivity index (χ1) is 9.74. The lowest BCUT2D eigenvalue weighted by atomic mass is 9.99. The van der Waals surface area contributed by atoms with Gasteiger partial charge in [-0.1, -0.05) is 37.3 Å². The number of amides is 1. The molecular weight excluding hydrogens is 268 g/mol. The fourth-order valence-corrected chi connectivity index (χ4v) is 3.34. The van der Waals surface area contributed by atoms with Crippen LogP contribution in [0.3, 0.4) is 0 Å². The zero-order valence-electron chi connectivity index (χ0n) is 11.6. The average Bonchev–Trinajstić information content (AvgIpc) is 2.98. The number of carbonyl (C=O) groups is 1. The third-order valence-electron chi connectivity index (χ3n) is 3.81. The molecular formula is C16H18N2OS. The van der Waals surface area contributed by atoms with E-state index in [0.29, 0.717) is 0 Å². The molecule has 104 valence electrons. The predicted molar refractivity (Wildman–Crippen MR) is 81.9 cm³/mol. The number of hydrogen-bond acceptors (Lipinski definition) is 3. The second-order valence-electron chi connectivity index (χ2n) is 5.37. The Balaban J connectivity index is 1.75. The maximum Gasteiger partial charge on any atom is 0.265 e. The predicted octanol–water partition coefficient (Wildman–Crippen LogP) is 3.68. The quantitative estimate of drug-likeness (QED) is 0.843. The minimum Gasteiger partial charge on any atom is -0.338 e. The molecule has 0 unspecified atom stereocenters. The van der Waals surface area contributed by atoms with E-state index in [1.807, 2.05) is 35.2 Å². The Labute approximate surface area is 123 Å². The van der Waals surface area contributed by atoms with Crippen molar-refractivity contribution >= 4 is 17.2 Å². The highest BCUT2D eigenvalue weighted by Gasteiger charge is 2.23. The van der Waals surface area contributed by atoms with Crippen molar-refractivity contribution in [2.24, 2.45) is 5.92 Å². The van der Waals surface area contributed by atoms with Gasteiger partial charge in [0.1, 0.15) is 9.88 Å². The number of likely N-dealkylation sites (tertiary alicyclic amines) is 1. The lowest BCUT2D eigenvalue weighted by Crippen LogP contribution is -2.37. The Kier molecular flexibility index (Phi) is 3.83. The molecule has 0 aliphatic carbocycles. The zero-order valence-corrected chi connectivity index (χ0v) is 12.4. The first-order valence-electron chi connectivity index (χ1n) is 7.04. The van der Waals surface area contributed by atoms with Gasteiger partial charge in [-0.25, -0.2) is 4.98 Å². The minimum atomic E-state index is 0.136. The Morgan fingerprint density at radius 1 is 1.25 bits per heavy atom. The lowest BCUT2D eigenvalue weighted by molar-refractivity contribution is 0.0702. The van der Waals surface area contributed by atoms with Gasteiger partial charge in [0.15, 0.2) is 0 Å². The van der Waals surface area contributed by atoms with Crippen molar-refractivity contribution in [3.63, 3.8) is 0 Å². The van der Waals surface area contributed by atoms with Gasteiger partial charge in [0.25, 0.3) is 5.91 Å². The molecule has 20 heavy (non-hydrogen) atoms. The van der Waals surface area contributed by atoms with Crippen LogP contribution in [0.2, 0.25) is 0 Å². The van der Waals surface area contributed by atoms with Crippen molar-refractivity contribution in [1.82, 2.24) is 9.88 Å². The summed E-state index contributed by atoms with van der Waals surface area (Å²) in [5.74, 6) is 0.872. The van der Waals surface area contributed by atoms with E-state index in [4.69, 9.17) is 0 Å². The minimum absolute atomic E-state index is 0.136. The van der Waals surface area contributed by atoms with Crippen molar-refractivity contribution in [2.75, 3.05) is 13.1 Å². The lowest BCUT2D eigenvalue weighted by Gasteiger charge is -2.29. The third-order valence-corrected chi connectivity index (χ3v) is 4.84. The van der Waals surface area contributed by atoms with Crippen molar-refractivity contribution in [3.05, 3.63) is 41.4 Å². The molecule has 3 nitrogen and oxygen atoms in total. The largest absolute Gasteiger partial charge is 0.338 e. The summed E-state index contributed by atoms with van der Waals surface area (Å²) in [6, 6.07) is 10.0. The maximum atomic E-state index is 12.4. The van der Waals surface area contributed by atoms with Crippen LogP contribution in [0.1, 0.15) is 29.4 Å². The third kappa shape index (κ3) is 2.75. The molecule has 1 aliphatic heterocycles. The van der Waals surface area contributed by atoms with E-state index >= 15 is 0 Å². The van der Waals surface area contributed by atoms with E-state index in [1.165, 1.54) is 11.3 Å². The first-order valence-corrected chi connectivity index (χ1v) is 7.86. The molecule has 0 spiro atoms. The van der Waals surface area contributed by atoms with E-state index in [-0.39, 0.29) is 5.91 Å². The van der Waals surface area contributed by atoms with E-state index in [2.05, 4.69) is 11.9 Å². The summed E-state index contributed by atoms with van der Waals surface area (Å²) in [6.45, 7) is 4.00. The highest BCUT2D eigenvalue weighted by Crippen LogP contribution is 2.26. The van der Waals surface area contributed by atoms with Crippen LogP contribution < -0.4 is 0 Å². The average molecular weight is 286 g/mol. The second kappa shape index (κ2) is 5.75. The molecule has 0 radical (unpaired) electrons. The number of rotatable bonds is 2. The summed E-state index contributed by atoms with van der Waals surface area (Å²) in [5, 5.41) is 0.916. The van der Waals surface area contributed by atoms with Gasteiger partial charge in [-0.2, -0.15) is 0 Å². The van der Waals surface area contributed by atoms with E-state index < -0.39 is 0 Å². The summed E-state index contributed by atoms with van der Waals surface area (Å²) in [5.41, 5.74) is 1.07. The van der Waals surface area contributed by atoms with Crippen molar-refractivity contribution in [2.45, 2.75) is 19.8 Å². The monoisotopic (exact) mass is 286 g/mol. The van der Waals surface area contributed by atoms with Crippen LogP contribution in [0.15, 0.2) is 36.5 Å². The number of thiazole rings is 1. The van der Waals surface area contributed by atoms with Crippen LogP contribution >= 0.6 is 11.3 Å². The van der Waals surface area contributed by atoms with Gasteiger partial charge in [0.2, 0.25) is 0 Å². The Morgan fingerprint density at radius 2 is 1.95 bits per heavy atom. The summed E-state index contributed by atoms with van der Waals surface area (Å²) >= 11 is 1.49. The van der Waals surface area contributed by atoms with Crippen LogP contribution in [0.4, 0.5) is 0 Å². The molecule has 1 aromatic carbocycles. The molecule has 2 aromatic rings. The number of hydrogen-bond donors (Lipinski definition) is 0. The standard InChI is InChI=1S/C16H18N2OS/c1-12-7-9-18(10-8-12)16(19)14-11-17-15(20-14)13-5-3-2-4-6-13/h2-6,11-12H,7-10H2,1H3. The SMILES string of the molecule is CC1CCN(C(=O)c2cnc(-c3ccccc3)s2)CC1. The van der Waals surface area contributed by atoms with Gasteiger partial charge in [-0.3, -0.25) is 4.79 Å². The summed E-state index contributed by atoms with van der Waals surface area (Å²) in [6.07, 6.45) is 3.93. The number of carbonyl (C=O) groups excluding carboxylic acids is 1. The summed E-state index contributed by atoms with van der Waals surface area (Å²) < 4.78 is 0. The van der Waals surface area contributed by atoms with Crippen molar-refractivity contribution in [1.29, 1.82) is 0 Å². The molecule has 1 aliphatic rings. The highest BCUT2D eigenvalue weighted by atomic mass is 32.1. The van der Waals surface area contributed by atoms with Crippen LogP contribution in [-0.4, -0.2) is 28.9 Å². The first kappa shape index (κ1) is 13.3. The van der Waals surface area contributed by atoms with Gasteiger partial charge in [-0.15, -0.1) is 11.3 Å². The molecule has 0 bridgehead atoms.